The van der Waals surface area contributed by atoms with Crippen molar-refractivity contribution < 1.29 is 4.79 Å². The van der Waals surface area contributed by atoms with Crippen molar-refractivity contribution >= 4 is 57.2 Å². The number of aromatic nitrogens is 5. The summed E-state index contributed by atoms with van der Waals surface area (Å²) >= 11 is 8.18. The summed E-state index contributed by atoms with van der Waals surface area (Å²) in [5.74, 6) is 0.345. The zero-order valence-electron chi connectivity index (χ0n) is 19.7. The zero-order valence-corrected chi connectivity index (χ0v) is 21.2. The largest absolute Gasteiger partial charge is 0.353 e. The summed E-state index contributed by atoms with van der Waals surface area (Å²) in [4.78, 5) is 37.8. The summed E-state index contributed by atoms with van der Waals surface area (Å²) in [7, 11) is 0. The maximum Gasteiger partial charge on any atom is 0.226 e. The van der Waals surface area contributed by atoms with Gasteiger partial charge in [-0.2, -0.15) is 0 Å². The van der Waals surface area contributed by atoms with Crippen LogP contribution in [0.1, 0.15) is 12.6 Å². The molecular weight excluding hydrogens is 498 g/mol. The predicted octanol–water partition coefficient (Wildman–Crippen LogP) is 2.12. The van der Waals surface area contributed by atoms with Crippen LogP contribution in [0.15, 0.2) is 40.6 Å². The highest BCUT2D eigenvalue weighted by molar-refractivity contribution is 7.99. The summed E-state index contributed by atoms with van der Waals surface area (Å²) < 4.78 is 0. The first kappa shape index (κ1) is 23.4. The molecule has 10 nitrogen and oxygen atoms in total. The molecule has 0 saturated carbocycles. The van der Waals surface area contributed by atoms with Gasteiger partial charge in [-0.15, -0.1) is 0 Å². The highest BCUT2D eigenvalue weighted by Crippen LogP contribution is 2.38. The Bertz CT molecular complexity index is 1460. The van der Waals surface area contributed by atoms with Crippen molar-refractivity contribution in [3.8, 4) is 0 Å². The monoisotopic (exact) mass is 523 g/mol. The lowest BCUT2D eigenvalue weighted by Gasteiger charge is -2.29. The maximum atomic E-state index is 12.9. The molecule has 2 atom stereocenters. The van der Waals surface area contributed by atoms with Crippen LogP contribution in [0.25, 0.3) is 22.1 Å². The zero-order chi connectivity index (χ0) is 24.8. The van der Waals surface area contributed by atoms with E-state index in [9.17, 15) is 4.79 Å². The van der Waals surface area contributed by atoms with Gasteiger partial charge >= 0.3 is 0 Å². The lowest BCUT2D eigenvalue weighted by molar-refractivity contribution is -0.125. The lowest BCUT2D eigenvalue weighted by Crippen LogP contribution is -2.59. The molecule has 6 heterocycles. The van der Waals surface area contributed by atoms with Crippen LogP contribution in [0.4, 0.5) is 5.82 Å². The van der Waals surface area contributed by atoms with Crippen LogP contribution in [-0.4, -0.2) is 69.1 Å². The fraction of sp³-hybridized carbons (Fsp3) is 0.375. The van der Waals surface area contributed by atoms with Crippen molar-refractivity contribution in [3.05, 3.63) is 41.3 Å². The number of H-pyrrole nitrogens is 1. The molecule has 6 rings (SSSR count). The molecule has 4 aromatic heterocycles. The molecule has 12 heteroatoms. The Labute approximate surface area is 216 Å². The minimum absolute atomic E-state index is 0.0134. The number of halogens is 1. The molecule has 2 aliphatic heterocycles. The molecule has 0 unspecified atom stereocenters. The van der Waals surface area contributed by atoms with Gasteiger partial charge in [0.15, 0.2) is 5.16 Å². The normalized spacial score (nSPS) is 20.2. The van der Waals surface area contributed by atoms with Crippen LogP contribution in [0.3, 0.4) is 0 Å². The summed E-state index contributed by atoms with van der Waals surface area (Å²) in [6, 6.07) is 5.63. The number of nitrogens with zero attached hydrogens (tertiary/aromatic N) is 5. The van der Waals surface area contributed by atoms with Gasteiger partial charge in [0.05, 0.1) is 33.4 Å². The van der Waals surface area contributed by atoms with Gasteiger partial charge in [0.2, 0.25) is 5.91 Å². The molecule has 4 aromatic rings. The number of fused-ring (bicyclic) bond motifs is 2. The van der Waals surface area contributed by atoms with Gasteiger partial charge in [0, 0.05) is 55.2 Å². The highest BCUT2D eigenvalue weighted by Gasteiger charge is 2.38. The molecule has 2 aliphatic rings. The van der Waals surface area contributed by atoms with Crippen molar-refractivity contribution in [2.24, 2.45) is 11.7 Å². The summed E-state index contributed by atoms with van der Waals surface area (Å²) in [5, 5.41) is 8.18. The number of amides is 1. The first-order chi connectivity index (χ1) is 17.5. The fourth-order valence-corrected chi connectivity index (χ4v) is 5.77. The van der Waals surface area contributed by atoms with Crippen LogP contribution >= 0.6 is 23.4 Å². The molecular formula is C24H26ClN9OS. The molecule has 36 heavy (non-hydrogen) atoms. The minimum atomic E-state index is -0.328. The number of nitrogens with one attached hydrogen (secondary N) is 3. The average molecular weight is 524 g/mol. The molecule has 0 aromatic carbocycles. The number of aromatic amines is 1. The van der Waals surface area contributed by atoms with E-state index < -0.39 is 0 Å². The number of hydrogen-bond acceptors (Lipinski definition) is 9. The third kappa shape index (κ3) is 4.26. The summed E-state index contributed by atoms with van der Waals surface area (Å²) in [5.41, 5.74) is 9.65. The van der Waals surface area contributed by atoms with E-state index in [1.807, 2.05) is 25.1 Å². The summed E-state index contributed by atoms with van der Waals surface area (Å²) in [6.07, 6.45) is 4.27. The summed E-state index contributed by atoms with van der Waals surface area (Å²) in [6.45, 7) is 4.59. The Hall–Kier alpha value is -2.99. The van der Waals surface area contributed by atoms with Gasteiger partial charge < -0.3 is 26.3 Å². The molecule has 2 fully saturated rings. The topological polar surface area (TPSA) is 138 Å². The van der Waals surface area contributed by atoms with Crippen molar-refractivity contribution in [2.75, 3.05) is 31.1 Å². The molecule has 0 aliphatic carbocycles. The lowest BCUT2D eigenvalue weighted by atomic mass is 10.0. The number of carbonyl (C=O) groups is 1. The van der Waals surface area contributed by atoms with Crippen molar-refractivity contribution in [3.63, 3.8) is 0 Å². The number of hydrogen-bond donors (Lipinski definition) is 4. The van der Waals surface area contributed by atoms with Crippen LogP contribution in [-0.2, 0) is 11.2 Å². The average Bonchev–Trinajstić information content (AvgIpc) is 3.40. The molecule has 0 spiro atoms. The molecule has 186 valence electrons. The van der Waals surface area contributed by atoms with Gasteiger partial charge in [-0.25, -0.2) is 9.97 Å². The number of rotatable bonds is 6. The third-order valence-electron chi connectivity index (χ3n) is 6.74. The smallest absolute Gasteiger partial charge is 0.226 e. The number of aryl methyl sites for hydroxylation is 1. The Morgan fingerprint density at radius 2 is 2.14 bits per heavy atom. The van der Waals surface area contributed by atoms with E-state index in [-0.39, 0.29) is 23.9 Å². The number of anilines is 1. The fourth-order valence-electron chi connectivity index (χ4n) is 4.66. The van der Waals surface area contributed by atoms with Crippen LogP contribution < -0.4 is 21.3 Å². The molecule has 0 radical (unpaired) electrons. The van der Waals surface area contributed by atoms with Gasteiger partial charge in [-0.3, -0.25) is 14.8 Å². The number of carbonyl (C=O) groups excluding carboxylic acids is 1. The predicted molar refractivity (Wildman–Crippen MR) is 140 cm³/mol. The van der Waals surface area contributed by atoms with Crippen molar-refractivity contribution in [2.45, 2.75) is 35.5 Å². The maximum absolute atomic E-state index is 12.9. The van der Waals surface area contributed by atoms with Crippen LogP contribution in [0, 0.1) is 5.92 Å². The van der Waals surface area contributed by atoms with Crippen molar-refractivity contribution in [1.29, 1.82) is 0 Å². The van der Waals surface area contributed by atoms with E-state index >= 15 is 0 Å². The van der Waals surface area contributed by atoms with E-state index in [1.54, 1.807) is 12.4 Å². The third-order valence-corrected chi connectivity index (χ3v) is 7.98. The SMILES string of the molecule is CCc1[nH]c2nc(Sc3cnc4cccnc4c3)nc(N3C[C@H](C(=O)NC4CNC4)[C@@H](N)C3)c2c1Cl. The standard InChI is InChI=1S/C24H26ClN9OS/c1-2-16-20(25)19-21(31-16)32-24(36-13-6-18-17(29-9-13)4-3-5-28-18)33-22(19)34-10-14(15(26)11-34)23(35)30-12-7-27-8-12/h3-6,9,12,14-15,27H,2,7-8,10-11,26H2,1H3,(H,30,35)(H,31,32,33)/t14-,15-/m0/s1. The van der Waals surface area contributed by atoms with E-state index in [4.69, 9.17) is 27.3 Å². The van der Waals surface area contributed by atoms with Gasteiger partial charge in [-0.05, 0) is 36.4 Å². The minimum Gasteiger partial charge on any atom is -0.353 e. The van der Waals surface area contributed by atoms with Gasteiger partial charge in [-0.1, -0.05) is 18.5 Å². The van der Waals surface area contributed by atoms with E-state index in [2.05, 4.69) is 30.5 Å². The van der Waals surface area contributed by atoms with E-state index in [0.717, 1.165) is 46.5 Å². The van der Waals surface area contributed by atoms with Gasteiger partial charge in [0.25, 0.3) is 0 Å². The molecule has 5 N–H and O–H groups in total. The quantitative estimate of drug-likeness (QED) is 0.280. The molecule has 2 saturated heterocycles. The second kappa shape index (κ2) is 9.47. The first-order valence-corrected chi connectivity index (χ1v) is 13.2. The second-order valence-electron chi connectivity index (χ2n) is 9.18. The second-order valence-corrected chi connectivity index (χ2v) is 10.6. The number of nitrogens with two attached hydrogens (primary N) is 1. The first-order valence-electron chi connectivity index (χ1n) is 12.0. The Morgan fingerprint density at radius 3 is 2.92 bits per heavy atom. The Balaban J connectivity index is 1.34. The molecule has 1 amide bonds. The Morgan fingerprint density at radius 1 is 1.28 bits per heavy atom. The molecule has 0 bridgehead atoms. The van der Waals surface area contributed by atoms with E-state index in [1.165, 1.54) is 11.8 Å². The van der Waals surface area contributed by atoms with Crippen molar-refractivity contribution in [1.82, 2.24) is 35.6 Å². The van der Waals surface area contributed by atoms with Crippen LogP contribution in [0.2, 0.25) is 5.02 Å². The van der Waals surface area contributed by atoms with E-state index in [0.29, 0.717) is 34.7 Å². The highest BCUT2D eigenvalue weighted by atomic mass is 35.5. The van der Waals surface area contributed by atoms with Crippen LogP contribution in [0.5, 0.6) is 0 Å². The Kier molecular flexibility index (Phi) is 6.16. The number of pyridine rings is 2. The van der Waals surface area contributed by atoms with Gasteiger partial charge in [0.1, 0.15) is 11.5 Å².